The Morgan fingerprint density at radius 3 is 2.65 bits per heavy atom. The Hall–Kier alpha value is -3.54. The Balaban J connectivity index is 1.54. The fourth-order valence-corrected chi connectivity index (χ4v) is 2.90. The van der Waals surface area contributed by atoms with Gasteiger partial charge in [0.25, 0.3) is 5.91 Å². The molecule has 1 unspecified atom stereocenters. The summed E-state index contributed by atoms with van der Waals surface area (Å²) in [5, 5.41) is 8.10. The van der Waals surface area contributed by atoms with E-state index in [0.717, 1.165) is 16.6 Å². The van der Waals surface area contributed by atoms with E-state index in [4.69, 9.17) is 0 Å². The molecule has 2 aromatic carbocycles. The number of nitrogens with zero attached hydrogens (tertiary/aromatic N) is 4. The highest BCUT2D eigenvalue weighted by Crippen LogP contribution is 2.19. The molecule has 4 aromatic rings. The van der Waals surface area contributed by atoms with Crippen molar-refractivity contribution < 1.29 is 4.79 Å². The zero-order chi connectivity index (χ0) is 17.9. The summed E-state index contributed by atoms with van der Waals surface area (Å²) in [6, 6.07) is 17.2. The smallest absolute Gasteiger partial charge is 0.253 e. The molecule has 0 radical (unpaired) electrons. The van der Waals surface area contributed by atoms with E-state index < -0.39 is 0 Å². The summed E-state index contributed by atoms with van der Waals surface area (Å²) in [6.45, 7) is 1.96. The first-order valence-corrected chi connectivity index (χ1v) is 8.32. The van der Waals surface area contributed by atoms with Gasteiger partial charge in [0.1, 0.15) is 12.7 Å². The first-order chi connectivity index (χ1) is 12.7. The summed E-state index contributed by atoms with van der Waals surface area (Å²) in [4.78, 5) is 21.0. The number of fused-ring (bicyclic) bond motifs is 1. The molecule has 0 fully saturated rings. The van der Waals surface area contributed by atoms with Crippen LogP contribution in [-0.2, 0) is 0 Å². The standard InChI is InChI=1S/C20H17N5O/c1-14(15-7-9-17(10-8-15)25-13-21-12-23-25)24-20(26)18-6-2-4-16-5-3-11-22-19(16)18/h2-14H,1H3,(H,24,26). The fraction of sp³-hybridized carbons (Fsp3) is 0.100. The van der Waals surface area contributed by atoms with Gasteiger partial charge in [0.2, 0.25) is 0 Å². The fourth-order valence-electron chi connectivity index (χ4n) is 2.90. The Bertz CT molecular complexity index is 1040. The minimum Gasteiger partial charge on any atom is -0.345 e. The molecule has 1 N–H and O–H groups in total. The van der Waals surface area contributed by atoms with Crippen LogP contribution in [0.5, 0.6) is 0 Å². The maximum atomic E-state index is 12.7. The lowest BCUT2D eigenvalue weighted by Crippen LogP contribution is -2.27. The van der Waals surface area contributed by atoms with Crippen LogP contribution in [-0.4, -0.2) is 25.7 Å². The summed E-state index contributed by atoms with van der Waals surface area (Å²) in [5.41, 5.74) is 3.22. The Morgan fingerprint density at radius 1 is 1.08 bits per heavy atom. The third-order valence-electron chi connectivity index (χ3n) is 4.30. The van der Waals surface area contributed by atoms with Gasteiger partial charge in [-0.15, -0.1) is 0 Å². The third-order valence-corrected chi connectivity index (χ3v) is 4.30. The van der Waals surface area contributed by atoms with E-state index in [2.05, 4.69) is 20.4 Å². The molecule has 0 saturated carbocycles. The number of pyridine rings is 1. The number of para-hydroxylation sites is 1. The van der Waals surface area contributed by atoms with Crippen LogP contribution in [0.2, 0.25) is 0 Å². The van der Waals surface area contributed by atoms with Gasteiger partial charge in [-0.3, -0.25) is 9.78 Å². The maximum Gasteiger partial charge on any atom is 0.253 e. The molecule has 0 aliphatic rings. The van der Waals surface area contributed by atoms with Crippen LogP contribution < -0.4 is 5.32 Å². The average Bonchev–Trinajstić information content (AvgIpc) is 3.22. The number of carbonyl (C=O) groups excluding carboxylic acids is 1. The monoisotopic (exact) mass is 343 g/mol. The highest BCUT2D eigenvalue weighted by Gasteiger charge is 2.14. The maximum absolute atomic E-state index is 12.7. The van der Waals surface area contributed by atoms with Crippen molar-refractivity contribution in [3.63, 3.8) is 0 Å². The number of hydrogen-bond acceptors (Lipinski definition) is 4. The van der Waals surface area contributed by atoms with Crippen molar-refractivity contribution >= 4 is 16.8 Å². The van der Waals surface area contributed by atoms with E-state index in [1.807, 2.05) is 55.5 Å². The predicted octanol–water partition coefficient (Wildman–Crippen LogP) is 3.31. The van der Waals surface area contributed by atoms with E-state index in [1.165, 1.54) is 6.33 Å². The minimum atomic E-state index is -0.137. The van der Waals surface area contributed by atoms with Crippen molar-refractivity contribution in [3.05, 3.63) is 84.6 Å². The van der Waals surface area contributed by atoms with Crippen molar-refractivity contribution in [1.82, 2.24) is 25.1 Å². The first kappa shape index (κ1) is 16.0. The molecule has 1 atom stereocenters. The van der Waals surface area contributed by atoms with Crippen molar-refractivity contribution in [3.8, 4) is 5.69 Å². The molecule has 0 aliphatic heterocycles. The van der Waals surface area contributed by atoms with E-state index in [-0.39, 0.29) is 11.9 Å². The summed E-state index contributed by atoms with van der Waals surface area (Å²) in [5.74, 6) is -0.137. The molecule has 0 saturated heterocycles. The second-order valence-electron chi connectivity index (χ2n) is 6.01. The highest BCUT2D eigenvalue weighted by molar-refractivity contribution is 6.05. The third kappa shape index (κ3) is 3.04. The Morgan fingerprint density at radius 2 is 1.88 bits per heavy atom. The SMILES string of the molecule is CC(NC(=O)c1cccc2cccnc12)c1ccc(-n2cncn2)cc1. The van der Waals surface area contributed by atoms with E-state index in [0.29, 0.717) is 11.1 Å². The lowest BCUT2D eigenvalue weighted by atomic mass is 10.1. The molecule has 2 heterocycles. The van der Waals surface area contributed by atoms with Crippen LogP contribution in [0, 0.1) is 0 Å². The van der Waals surface area contributed by atoms with Crippen LogP contribution >= 0.6 is 0 Å². The van der Waals surface area contributed by atoms with Crippen molar-refractivity contribution in [1.29, 1.82) is 0 Å². The van der Waals surface area contributed by atoms with Crippen LogP contribution in [0.3, 0.4) is 0 Å². The number of benzene rings is 2. The Kier molecular flexibility index (Phi) is 4.15. The molecule has 0 aliphatic carbocycles. The summed E-state index contributed by atoms with van der Waals surface area (Å²) >= 11 is 0. The summed E-state index contributed by atoms with van der Waals surface area (Å²) < 4.78 is 1.69. The van der Waals surface area contributed by atoms with Gasteiger partial charge >= 0.3 is 0 Å². The molecule has 0 spiro atoms. The molecule has 26 heavy (non-hydrogen) atoms. The summed E-state index contributed by atoms with van der Waals surface area (Å²) in [7, 11) is 0. The van der Waals surface area contributed by atoms with Crippen LogP contribution in [0.15, 0.2) is 73.4 Å². The topological polar surface area (TPSA) is 72.7 Å². The average molecular weight is 343 g/mol. The quantitative estimate of drug-likeness (QED) is 0.617. The molecular formula is C20H17N5O. The van der Waals surface area contributed by atoms with Gasteiger partial charge in [-0.25, -0.2) is 9.67 Å². The van der Waals surface area contributed by atoms with Gasteiger partial charge in [-0.2, -0.15) is 5.10 Å². The summed E-state index contributed by atoms with van der Waals surface area (Å²) in [6.07, 6.45) is 4.84. The van der Waals surface area contributed by atoms with Crippen molar-refractivity contribution in [2.24, 2.45) is 0 Å². The number of amides is 1. The van der Waals surface area contributed by atoms with E-state index >= 15 is 0 Å². The number of aromatic nitrogens is 4. The number of nitrogens with one attached hydrogen (secondary N) is 1. The lowest BCUT2D eigenvalue weighted by molar-refractivity contribution is 0.0941. The van der Waals surface area contributed by atoms with Gasteiger partial charge in [-0.1, -0.05) is 30.3 Å². The molecule has 6 heteroatoms. The number of carbonyl (C=O) groups is 1. The molecule has 128 valence electrons. The lowest BCUT2D eigenvalue weighted by Gasteiger charge is -2.15. The molecule has 4 rings (SSSR count). The molecular weight excluding hydrogens is 326 g/mol. The minimum absolute atomic E-state index is 0.133. The first-order valence-electron chi connectivity index (χ1n) is 8.32. The highest BCUT2D eigenvalue weighted by atomic mass is 16.1. The van der Waals surface area contributed by atoms with Crippen LogP contribution in [0.4, 0.5) is 0 Å². The number of rotatable bonds is 4. The van der Waals surface area contributed by atoms with Gasteiger partial charge in [0, 0.05) is 11.6 Å². The van der Waals surface area contributed by atoms with Gasteiger partial charge in [-0.05, 0) is 36.8 Å². The zero-order valence-corrected chi connectivity index (χ0v) is 14.2. The number of hydrogen-bond donors (Lipinski definition) is 1. The van der Waals surface area contributed by atoms with Crippen molar-refractivity contribution in [2.45, 2.75) is 13.0 Å². The molecule has 2 aromatic heterocycles. The predicted molar refractivity (Wildman–Crippen MR) is 99.0 cm³/mol. The van der Waals surface area contributed by atoms with Gasteiger partial charge in [0.15, 0.2) is 0 Å². The van der Waals surface area contributed by atoms with E-state index in [1.54, 1.807) is 23.3 Å². The van der Waals surface area contributed by atoms with Gasteiger partial charge in [0.05, 0.1) is 22.8 Å². The van der Waals surface area contributed by atoms with Gasteiger partial charge < -0.3 is 5.32 Å². The second kappa shape index (κ2) is 6.76. The largest absolute Gasteiger partial charge is 0.345 e. The van der Waals surface area contributed by atoms with Crippen LogP contribution in [0.1, 0.15) is 28.9 Å². The molecule has 1 amide bonds. The van der Waals surface area contributed by atoms with Crippen molar-refractivity contribution in [2.75, 3.05) is 0 Å². The molecule has 6 nitrogen and oxygen atoms in total. The second-order valence-corrected chi connectivity index (χ2v) is 6.01. The van der Waals surface area contributed by atoms with Crippen LogP contribution in [0.25, 0.3) is 16.6 Å². The zero-order valence-electron chi connectivity index (χ0n) is 14.2. The van der Waals surface area contributed by atoms with E-state index in [9.17, 15) is 4.79 Å². The Labute approximate surface area is 150 Å². The normalized spacial score (nSPS) is 12.0. The molecule has 0 bridgehead atoms.